The van der Waals surface area contributed by atoms with E-state index in [2.05, 4.69) is 20.7 Å². The summed E-state index contributed by atoms with van der Waals surface area (Å²) < 4.78 is 28.4. The van der Waals surface area contributed by atoms with Crippen molar-refractivity contribution in [1.82, 2.24) is 4.72 Å². The molecular formula is C12H12BrClN2O2S2. The Hall–Kier alpha value is -0.600. The molecule has 0 aliphatic rings. The molecule has 1 unspecified atom stereocenters. The predicted molar refractivity (Wildman–Crippen MR) is 86.6 cm³/mol. The maximum Gasteiger partial charge on any atom is 0.242 e. The van der Waals surface area contributed by atoms with Gasteiger partial charge in [0.05, 0.1) is 15.3 Å². The van der Waals surface area contributed by atoms with Crippen molar-refractivity contribution in [2.75, 3.05) is 5.73 Å². The van der Waals surface area contributed by atoms with Crippen LogP contribution in [0.3, 0.4) is 0 Å². The Labute approximate surface area is 135 Å². The van der Waals surface area contributed by atoms with Crippen LogP contribution in [-0.4, -0.2) is 8.42 Å². The molecule has 2 aromatic rings. The van der Waals surface area contributed by atoms with Gasteiger partial charge in [-0.1, -0.05) is 11.6 Å². The summed E-state index contributed by atoms with van der Waals surface area (Å²) in [5, 5.41) is 0. The van der Waals surface area contributed by atoms with Crippen LogP contribution < -0.4 is 10.5 Å². The molecule has 8 heteroatoms. The summed E-state index contributed by atoms with van der Waals surface area (Å²) in [5.41, 5.74) is 6.10. The Balaban J connectivity index is 2.27. The Morgan fingerprint density at radius 3 is 2.60 bits per heavy atom. The van der Waals surface area contributed by atoms with Crippen LogP contribution in [0.2, 0.25) is 4.34 Å². The van der Waals surface area contributed by atoms with Gasteiger partial charge in [0.15, 0.2) is 0 Å². The monoisotopic (exact) mass is 394 g/mol. The highest BCUT2D eigenvalue weighted by Crippen LogP contribution is 2.29. The molecule has 0 saturated carbocycles. The van der Waals surface area contributed by atoms with Gasteiger partial charge in [0, 0.05) is 15.0 Å². The SMILES string of the molecule is CC(NS(=O)(=O)c1ccc(N)cc1Br)c1ccc(Cl)s1. The van der Waals surface area contributed by atoms with Gasteiger partial charge in [-0.2, -0.15) is 0 Å². The first-order chi connectivity index (χ1) is 9.29. The van der Waals surface area contributed by atoms with Crippen LogP contribution in [0.1, 0.15) is 17.8 Å². The molecule has 0 spiro atoms. The van der Waals surface area contributed by atoms with E-state index in [9.17, 15) is 8.42 Å². The minimum Gasteiger partial charge on any atom is -0.399 e. The van der Waals surface area contributed by atoms with Crippen molar-refractivity contribution in [3.8, 4) is 0 Å². The number of rotatable bonds is 4. The lowest BCUT2D eigenvalue weighted by molar-refractivity contribution is 0.568. The van der Waals surface area contributed by atoms with Crippen molar-refractivity contribution < 1.29 is 8.42 Å². The molecule has 2 rings (SSSR count). The van der Waals surface area contributed by atoms with Gasteiger partial charge in [-0.05, 0) is 53.2 Å². The number of nitrogen functional groups attached to an aromatic ring is 1. The maximum absolute atomic E-state index is 12.3. The molecule has 1 aromatic heterocycles. The van der Waals surface area contributed by atoms with Crippen molar-refractivity contribution in [2.45, 2.75) is 17.9 Å². The second-order valence-electron chi connectivity index (χ2n) is 4.17. The van der Waals surface area contributed by atoms with Crippen molar-refractivity contribution in [2.24, 2.45) is 0 Å². The largest absolute Gasteiger partial charge is 0.399 e. The van der Waals surface area contributed by atoms with Crippen molar-refractivity contribution >= 4 is 54.6 Å². The lowest BCUT2D eigenvalue weighted by atomic mass is 10.3. The summed E-state index contributed by atoms with van der Waals surface area (Å²) in [6, 6.07) is 7.76. The lowest BCUT2D eigenvalue weighted by Gasteiger charge is -2.14. The molecular weight excluding hydrogens is 384 g/mol. The van der Waals surface area contributed by atoms with Crippen LogP contribution in [0.4, 0.5) is 5.69 Å². The van der Waals surface area contributed by atoms with Crippen LogP contribution >= 0.6 is 38.9 Å². The molecule has 3 N–H and O–H groups in total. The fourth-order valence-corrected chi connectivity index (χ4v) is 5.11. The highest BCUT2D eigenvalue weighted by molar-refractivity contribution is 9.10. The Morgan fingerprint density at radius 2 is 2.05 bits per heavy atom. The number of hydrogen-bond donors (Lipinski definition) is 2. The number of nitrogens with one attached hydrogen (secondary N) is 1. The Kier molecular flexibility index (Phi) is 4.76. The number of hydrogen-bond acceptors (Lipinski definition) is 4. The van der Waals surface area contributed by atoms with Gasteiger partial charge in [0.25, 0.3) is 0 Å². The van der Waals surface area contributed by atoms with Gasteiger partial charge in [-0.3, -0.25) is 0 Å². The summed E-state index contributed by atoms with van der Waals surface area (Å²) in [4.78, 5) is 1.01. The van der Waals surface area contributed by atoms with E-state index in [1.165, 1.54) is 17.4 Å². The molecule has 0 aliphatic carbocycles. The highest BCUT2D eigenvalue weighted by atomic mass is 79.9. The molecule has 0 amide bonds. The lowest BCUT2D eigenvalue weighted by Crippen LogP contribution is -2.26. The highest BCUT2D eigenvalue weighted by Gasteiger charge is 2.21. The van der Waals surface area contributed by atoms with E-state index in [0.29, 0.717) is 14.5 Å². The summed E-state index contributed by atoms with van der Waals surface area (Å²) >= 11 is 10.4. The molecule has 0 fully saturated rings. The quantitative estimate of drug-likeness (QED) is 0.774. The summed E-state index contributed by atoms with van der Waals surface area (Å²) in [5.74, 6) is 0. The van der Waals surface area contributed by atoms with Gasteiger partial charge >= 0.3 is 0 Å². The number of benzene rings is 1. The van der Waals surface area contributed by atoms with Crippen LogP contribution in [-0.2, 0) is 10.0 Å². The second-order valence-corrected chi connectivity index (χ2v) is 8.46. The van der Waals surface area contributed by atoms with Crippen LogP contribution in [0.15, 0.2) is 39.7 Å². The molecule has 4 nitrogen and oxygen atoms in total. The van der Waals surface area contributed by atoms with Gasteiger partial charge in [-0.15, -0.1) is 11.3 Å². The molecule has 0 aliphatic heterocycles. The number of anilines is 1. The summed E-state index contributed by atoms with van der Waals surface area (Å²) in [6.45, 7) is 1.77. The second kappa shape index (κ2) is 6.03. The van der Waals surface area contributed by atoms with Crippen molar-refractivity contribution in [1.29, 1.82) is 0 Å². The van der Waals surface area contributed by atoms with Crippen LogP contribution in [0, 0.1) is 0 Å². The maximum atomic E-state index is 12.3. The average molecular weight is 396 g/mol. The van der Waals surface area contributed by atoms with E-state index < -0.39 is 10.0 Å². The van der Waals surface area contributed by atoms with E-state index >= 15 is 0 Å². The number of nitrogens with two attached hydrogens (primary N) is 1. The molecule has 1 atom stereocenters. The zero-order valence-electron chi connectivity index (χ0n) is 10.4. The van der Waals surface area contributed by atoms with Gasteiger partial charge in [0.1, 0.15) is 0 Å². The van der Waals surface area contributed by atoms with Crippen LogP contribution in [0.5, 0.6) is 0 Å². The first-order valence-electron chi connectivity index (χ1n) is 5.62. The van der Waals surface area contributed by atoms with Gasteiger partial charge < -0.3 is 5.73 Å². The van der Waals surface area contributed by atoms with Gasteiger partial charge in [0.2, 0.25) is 10.0 Å². The van der Waals surface area contributed by atoms with Gasteiger partial charge in [-0.25, -0.2) is 13.1 Å². The third kappa shape index (κ3) is 3.53. The summed E-state index contributed by atoms with van der Waals surface area (Å²) in [7, 11) is -3.63. The minimum absolute atomic E-state index is 0.154. The fourth-order valence-electron chi connectivity index (χ4n) is 1.65. The molecule has 0 bridgehead atoms. The zero-order valence-corrected chi connectivity index (χ0v) is 14.4. The third-order valence-electron chi connectivity index (χ3n) is 2.60. The molecule has 0 radical (unpaired) electrons. The standard InChI is InChI=1S/C12H12BrClN2O2S2/c1-7(10-3-5-12(14)19-10)16-20(17,18)11-4-2-8(15)6-9(11)13/h2-7,16H,15H2,1H3. The molecule has 1 aromatic carbocycles. The third-order valence-corrected chi connectivity index (χ3v) is 6.53. The van der Waals surface area contributed by atoms with E-state index in [4.69, 9.17) is 17.3 Å². The van der Waals surface area contributed by atoms with E-state index in [-0.39, 0.29) is 10.9 Å². The normalized spacial score (nSPS) is 13.3. The van der Waals surface area contributed by atoms with E-state index in [0.717, 1.165) is 4.88 Å². The average Bonchev–Trinajstić information content (AvgIpc) is 2.74. The topological polar surface area (TPSA) is 72.2 Å². The van der Waals surface area contributed by atoms with E-state index in [1.807, 2.05) is 0 Å². The van der Waals surface area contributed by atoms with Crippen molar-refractivity contribution in [3.63, 3.8) is 0 Å². The summed E-state index contributed by atoms with van der Waals surface area (Å²) in [6.07, 6.45) is 0. The predicted octanol–water partition coefficient (Wildman–Crippen LogP) is 3.79. The minimum atomic E-state index is -3.63. The fraction of sp³-hybridized carbons (Fsp3) is 0.167. The number of halogens is 2. The Bertz CT molecular complexity index is 731. The molecule has 0 saturated heterocycles. The number of sulfonamides is 1. The Morgan fingerprint density at radius 1 is 1.35 bits per heavy atom. The zero-order chi connectivity index (χ0) is 14.9. The molecule has 108 valence electrons. The number of thiophene rings is 1. The molecule has 1 heterocycles. The first kappa shape index (κ1) is 15.8. The smallest absolute Gasteiger partial charge is 0.242 e. The van der Waals surface area contributed by atoms with Crippen LogP contribution in [0.25, 0.3) is 0 Å². The molecule has 20 heavy (non-hydrogen) atoms. The van der Waals surface area contributed by atoms with Crippen molar-refractivity contribution in [3.05, 3.63) is 44.0 Å². The van der Waals surface area contributed by atoms with E-state index in [1.54, 1.807) is 31.2 Å². The first-order valence-corrected chi connectivity index (χ1v) is 9.09.